The van der Waals surface area contributed by atoms with Crippen LogP contribution in [0.4, 0.5) is 4.39 Å². The van der Waals surface area contributed by atoms with E-state index in [-0.39, 0.29) is 0 Å². The Morgan fingerprint density at radius 3 is 1.96 bits per heavy atom. The summed E-state index contributed by atoms with van der Waals surface area (Å²) >= 11 is 0. The third kappa shape index (κ3) is 6.28. The van der Waals surface area contributed by atoms with Gasteiger partial charge in [-0.1, -0.05) is 51.9 Å². The second-order valence-corrected chi connectivity index (χ2v) is 7.95. The fraction of sp³-hybridized carbons (Fsp3) is 0.857. The summed E-state index contributed by atoms with van der Waals surface area (Å²) in [5, 5.41) is 8.42. The molecule has 0 heterocycles. The van der Waals surface area contributed by atoms with Gasteiger partial charge in [-0.3, -0.25) is 0 Å². The predicted molar refractivity (Wildman–Crippen MR) is 94.5 cm³/mol. The highest BCUT2D eigenvalue weighted by molar-refractivity contribution is 5.11. The molecule has 0 atom stereocenters. The van der Waals surface area contributed by atoms with E-state index in [1.807, 2.05) is 0 Å². The zero-order valence-corrected chi connectivity index (χ0v) is 14.9. The van der Waals surface area contributed by atoms with E-state index < -0.39 is 5.83 Å². The molecule has 0 aromatic rings. The molecular formula is C21H34FN. The molecule has 0 saturated heterocycles. The Kier molecular flexibility index (Phi) is 8.13. The highest BCUT2D eigenvalue weighted by atomic mass is 19.1. The van der Waals surface area contributed by atoms with Gasteiger partial charge in [0.05, 0.1) is 0 Å². The molecule has 0 radical (unpaired) electrons. The highest BCUT2D eigenvalue weighted by Crippen LogP contribution is 2.43. The Labute approximate surface area is 142 Å². The molecule has 0 amide bonds. The van der Waals surface area contributed by atoms with Crippen LogP contribution in [0, 0.1) is 35.0 Å². The molecule has 0 bridgehead atoms. The SMILES string of the molecule is CCCCC1CCC(C2CCC(CCC=C(F)C#N)CC2)CC1. The number of rotatable bonds is 7. The lowest BCUT2D eigenvalue weighted by molar-refractivity contribution is 0.141. The molecule has 0 spiro atoms. The molecule has 23 heavy (non-hydrogen) atoms. The van der Waals surface area contributed by atoms with E-state index in [9.17, 15) is 4.39 Å². The van der Waals surface area contributed by atoms with E-state index in [0.717, 1.165) is 36.5 Å². The fourth-order valence-electron chi connectivity index (χ4n) is 4.88. The van der Waals surface area contributed by atoms with Crippen molar-refractivity contribution in [3.63, 3.8) is 0 Å². The van der Waals surface area contributed by atoms with Crippen LogP contribution in [0.5, 0.6) is 0 Å². The van der Waals surface area contributed by atoms with E-state index in [2.05, 4.69) is 6.92 Å². The van der Waals surface area contributed by atoms with E-state index in [1.54, 1.807) is 6.07 Å². The molecule has 2 aliphatic rings. The lowest BCUT2D eigenvalue weighted by Crippen LogP contribution is -2.25. The van der Waals surface area contributed by atoms with Crippen molar-refractivity contribution in [2.45, 2.75) is 90.4 Å². The molecule has 0 aromatic heterocycles. The first-order chi connectivity index (χ1) is 11.2. The maximum absolute atomic E-state index is 12.8. The van der Waals surface area contributed by atoms with Crippen molar-refractivity contribution in [2.75, 3.05) is 0 Å². The minimum Gasteiger partial charge on any atom is -0.195 e. The smallest absolute Gasteiger partial charge is 0.195 e. The summed E-state index contributed by atoms with van der Waals surface area (Å²) in [6, 6.07) is 1.56. The van der Waals surface area contributed by atoms with E-state index >= 15 is 0 Å². The number of hydrogen-bond acceptors (Lipinski definition) is 1. The Morgan fingerprint density at radius 2 is 1.48 bits per heavy atom. The molecule has 1 nitrogen and oxygen atoms in total. The van der Waals surface area contributed by atoms with Crippen LogP contribution in [0.25, 0.3) is 0 Å². The summed E-state index contributed by atoms with van der Waals surface area (Å²) in [7, 11) is 0. The van der Waals surface area contributed by atoms with E-state index in [1.165, 1.54) is 76.7 Å². The summed E-state index contributed by atoms with van der Waals surface area (Å²) in [5.41, 5.74) is 0. The van der Waals surface area contributed by atoms with Crippen LogP contribution in [0.3, 0.4) is 0 Å². The molecule has 0 aliphatic heterocycles. The molecule has 130 valence electrons. The van der Waals surface area contributed by atoms with Gasteiger partial charge in [-0.05, 0) is 68.3 Å². The van der Waals surface area contributed by atoms with Crippen molar-refractivity contribution in [3.8, 4) is 6.07 Å². The summed E-state index contributed by atoms with van der Waals surface area (Å²) in [6.07, 6.45) is 18.8. The lowest BCUT2D eigenvalue weighted by Gasteiger charge is -2.38. The summed E-state index contributed by atoms with van der Waals surface area (Å²) in [6.45, 7) is 2.30. The summed E-state index contributed by atoms with van der Waals surface area (Å²) < 4.78 is 12.8. The highest BCUT2D eigenvalue weighted by Gasteiger charge is 2.30. The second kappa shape index (κ2) is 10.1. The lowest BCUT2D eigenvalue weighted by atomic mass is 9.68. The van der Waals surface area contributed by atoms with Gasteiger partial charge in [0.1, 0.15) is 6.07 Å². The van der Waals surface area contributed by atoms with Gasteiger partial charge in [-0.15, -0.1) is 0 Å². The normalized spacial score (nSPS) is 32.5. The Hall–Kier alpha value is -0.840. The maximum Gasteiger partial charge on any atom is 0.196 e. The molecule has 0 unspecified atom stereocenters. The largest absolute Gasteiger partial charge is 0.196 e. The third-order valence-electron chi connectivity index (χ3n) is 6.42. The van der Waals surface area contributed by atoms with Crippen molar-refractivity contribution in [3.05, 3.63) is 11.9 Å². The number of halogens is 1. The molecule has 2 heteroatoms. The summed E-state index contributed by atoms with van der Waals surface area (Å²) in [4.78, 5) is 0. The monoisotopic (exact) mass is 319 g/mol. The van der Waals surface area contributed by atoms with E-state index in [4.69, 9.17) is 5.26 Å². The number of nitrogens with zero attached hydrogens (tertiary/aromatic N) is 1. The van der Waals surface area contributed by atoms with Gasteiger partial charge in [0, 0.05) is 0 Å². The third-order valence-corrected chi connectivity index (χ3v) is 6.42. The number of allylic oxidation sites excluding steroid dienone is 2. The molecule has 0 aromatic carbocycles. The first-order valence-corrected chi connectivity index (χ1v) is 9.98. The number of unbranched alkanes of at least 4 members (excludes halogenated alkanes) is 1. The molecule has 2 aliphatic carbocycles. The maximum atomic E-state index is 12.8. The van der Waals surface area contributed by atoms with Gasteiger partial charge in [-0.25, -0.2) is 0 Å². The van der Waals surface area contributed by atoms with Crippen LogP contribution in [-0.4, -0.2) is 0 Å². The van der Waals surface area contributed by atoms with Crippen molar-refractivity contribution < 1.29 is 4.39 Å². The van der Waals surface area contributed by atoms with Crippen molar-refractivity contribution in [2.24, 2.45) is 23.7 Å². The van der Waals surface area contributed by atoms with Gasteiger partial charge >= 0.3 is 0 Å². The minimum atomic E-state index is -0.612. The first kappa shape index (κ1) is 18.5. The average Bonchev–Trinajstić information content (AvgIpc) is 2.61. The minimum absolute atomic E-state index is 0.612. The standard InChI is InChI=1S/C21H34FN/c1-2-3-5-17-8-12-19(13-9-17)20-14-10-18(11-15-20)6-4-7-21(22)16-23/h7,17-20H,2-6,8-15H2,1H3. The number of hydrogen-bond donors (Lipinski definition) is 0. The van der Waals surface area contributed by atoms with Crippen LogP contribution >= 0.6 is 0 Å². The predicted octanol–water partition coefficient (Wildman–Crippen LogP) is 6.95. The van der Waals surface area contributed by atoms with Crippen molar-refractivity contribution in [1.82, 2.24) is 0 Å². The Balaban J connectivity index is 1.62. The van der Waals surface area contributed by atoms with Crippen molar-refractivity contribution >= 4 is 0 Å². The molecule has 2 rings (SSSR count). The molecule has 2 saturated carbocycles. The van der Waals surface area contributed by atoms with Crippen LogP contribution in [0.15, 0.2) is 11.9 Å². The van der Waals surface area contributed by atoms with Crippen LogP contribution in [0.1, 0.15) is 90.4 Å². The average molecular weight is 320 g/mol. The number of nitriles is 1. The van der Waals surface area contributed by atoms with Gasteiger partial charge in [0.25, 0.3) is 0 Å². The van der Waals surface area contributed by atoms with Gasteiger partial charge < -0.3 is 0 Å². The van der Waals surface area contributed by atoms with Crippen molar-refractivity contribution in [1.29, 1.82) is 5.26 Å². The summed E-state index contributed by atoms with van der Waals surface area (Å²) in [5.74, 6) is 3.12. The van der Waals surface area contributed by atoms with Crippen LogP contribution in [-0.2, 0) is 0 Å². The van der Waals surface area contributed by atoms with Gasteiger partial charge in [-0.2, -0.15) is 9.65 Å². The fourth-order valence-corrected chi connectivity index (χ4v) is 4.88. The Morgan fingerprint density at radius 1 is 0.957 bits per heavy atom. The molecular weight excluding hydrogens is 285 g/mol. The topological polar surface area (TPSA) is 23.8 Å². The van der Waals surface area contributed by atoms with Crippen LogP contribution < -0.4 is 0 Å². The van der Waals surface area contributed by atoms with E-state index in [0.29, 0.717) is 0 Å². The Bertz CT molecular complexity index is 393. The van der Waals surface area contributed by atoms with Gasteiger partial charge in [0.2, 0.25) is 0 Å². The van der Waals surface area contributed by atoms with Crippen LogP contribution in [0.2, 0.25) is 0 Å². The molecule has 0 N–H and O–H groups in total. The second-order valence-electron chi connectivity index (χ2n) is 7.95. The quantitative estimate of drug-likeness (QED) is 0.466. The molecule has 2 fully saturated rings. The zero-order valence-electron chi connectivity index (χ0n) is 14.9. The first-order valence-electron chi connectivity index (χ1n) is 9.98. The van der Waals surface area contributed by atoms with Gasteiger partial charge in [0.15, 0.2) is 5.83 Å². The zero-order chi connectivity index (χ0) is 16.5.